The zero-order chi connectivity index (χ0) is 19.9. The molecule has 0 spiro atoms. The van der Waals surface area contributed by atoms with Crippen molar-refractivity contribution in [3.8, 4) is 0 Å². The molecule has 1 N–H and O–H groups in total. The van der Waals surface area contributed by atoms with E-state index in [0.29, 0.717) is 11.8 Å². The minimum absolute atomic E-state index is 0.640. The first-order chi connectivity index (χ1) is 14.3. The summed E-state index contributed by atoms with van der Waals surface area (Å²) in [6.07, 6.45) is 2.19. The van der Waals surface area contributed by atoms with Crippen LogP contribution in [0.4, 0.5) is 5.69 Å². The Bertz CT molecular complexity index is 864. The SMILES string of the molecule is Clc1ccc(N(CCc2ccccc2)C[C@H]2CNC[C@@H]2Cc2ccccc2)cc1. The van der Waals surface area contributed by atoms with E-state index in [-0.39, 0.29) is 0 Å². The fraction of sp³-hybridized carbons (Fsp3) is 0.308. The second kappa shape index (κ2) is 9.96. The molecule has 2 atom stereocenters. The van der Waals surface area contributed by atoms with Gasteiger partial charge in [-0.25, -0.2) is 0 Å². The van der Waals surface area contributed by atoms with E-state index in [1.54, 1.807) is 0 Å². The molecule has 0 radical (unpaired) electrons. The highest BCUT2D eigenvalue weighted by atomic mass is 35.5. The molecule has 3 aromatic carbocycles. The number of nitrogens with one attached hydrogen (secondary N) is 1. The molecule has 0 aromatic heterocycles. The summed E-state index contributed by atoms with van der Waals surface area (Å²) in [5.74, 6) is 1.31. The molecule has 0 amide bonds. The molecule has 29 heavy (non-hydrogen) atoms. The Hall–Kier alpha value is -2.29. The first kappa shape index (κ1) is 20.0. The first-order valence-electron chi connectivity index (χ1n) is 10.6. The van der Waals surface area contributed by atoms with Gasteiger partial charge in [0.05, 0.1) is 0 Å². The second-order valence-electron chi connectivity index (χ2n) is 8.03. The number of halogens is 1. The van der Waals surface area contributed by atoms with Crippen LogP contribution in [0.3, 0.4) is 0 Å². The average Bonchev–Trinajstić information content (AvgIpc) is 3.20. The molecule has 1 aliphatic rings. The summed E-state index contributed by atoms with van der Waals surface area (Å²) >= 11 is 6.14. The van der Waals surface area contributed by atoms with Crippen LogP contribution in [0.25, 0.3) is 0 Å². The normalized spacial score (nSPS) is 18.7. The van der Waals surface area contributed by atoms with Crippen molar-refractivity contribution in [1.82, 2.24) is 5.32 Å². The molecule has 3 aromatic rings. The van der Waals surface area contributed by atoms with E-state index in [1.807, 2.05) is 12.1 Å². The summed E-state index contributed by atoms with van der Waals surface area (Å²) in [4.78, 5) is 2.54. The number of anilines is 1. The molecule has 0 saturated carbocycles. The monoisotopic (exact) mass is 404 g/mol. The van der Waals surface area contributed by atoms with Gasteiger partial charge in [-0.3, -0.25) is 0 Å². The maximum atomic E-state index is 6.14. The van der Waals surface area contributed by atoms with Crippen molar-refractivity contribution in [3.05, 3.63) is 101 Å². The van der Waals surface area contributed by atoms with E-state index >= 15 is 0 Å². The molecule has 1 aliphatic heterocycles. The number of benzene rings is 3. The zero-order valence-corrected chi connectivity index (χ0v) is 17.6. The van der Waals surface area contributed by atoms with Crippen LogP contribution in [0.15, 0.2) is 84.9 Å². The fourth-order valence-corrected chi connectivity index (χ4v) is 4.45. The molecule has 0 aliphatic carbocycles. The first-order valence-corrected chi connectivity index (χ1v) is 10.9. The smallest absolute Gasteiger partial charge is 0.0407 e. The molecule has 0 unspecified atom stereocenters. The average molecular weight is 405 g/mol. The van der Waals surface area contributed by atoms with E-state index in [0.717, 1.165) is 44.0 Å². The number of rotatable bonds is 8. The fourth-order valence-electron chi connectivity index (χ4n) is 4.33. The lowest BCUT2D eigenvalue weighted by atomic mass is 9.89. The van der Waals surface area contributed by atoms with Gasteiger partial charge in [0, 0.05) is 23.8 Å². The maximum Gasteiger partial charge on any atom is 0.0407 e. The van der Waals surface area contributed by atoms with Crippen LogP contribution in [0, 0.1) is 11.8 Å². The van der Waals surface area contributed by atoms with Gasteiger partial charge in [0.15, 0.2) is 0 Å². The van der Waals surface area contributed by atoms with Crippen molar-refractivity contribution in [3.63, 3.8) is 0 Å². The molecule has 1 heterocycles. The van der Waals surface area contributed by atoms with Gasteiger partial charge in [0.1, 0.15) is 0 Å². The summed E-state index contributed by atoms with van der Waals surface area (Å²) in [5, 5.41) is 4.43. The van der Waals surface area contributed by atoms with Crippen LogP contribution in [0.5, 0.6) is 0 Å². The summed E-state index contributed by atoms with van der Waals surface area (Å²) in [5.41, 5.74) is 4.08. The maximum absolute atomic E-state index is 6.14. The zero-order valence-electron chi connectivity index (χ0n) is 16.8. The van der Waals surface area contributed by atoms with E-state index in [9.17, 15) is 0 Å². The lowest BCUT2D eigenvalue weighted by molar-refractivity contribution is 0.414. The van der Waals surface area contributed by atoms with Gasteiger partial charge in [0.25, 0.3) is 0 Å². The molecule has 1 saturated heterocycles. The lowest BCUT2D eigenvalue weighted by Gasteiger charge is -2.30. The highest BCUT2D eigenvalue weighted by molar-refractivity contribution is 6.30. The molecule has 150 valence electrons. The highest BCUT2D eigenvalue weighted by Gasteiger charge is 2.29. The van der Waals surface area contributed by atoms with Gasteiger partial charge in [-0.15, -0.1) is 0 Å². The third-order valence-corrected chi connectivity index (χ3v) is 6.23. The largest absolute Gasteiger partial charge is 0.371 e. The second-order valence-corrected chi connectivity index (χ2v) is 8.46. The Morgan fingerprint density at radius 3 is 2.07 bits per heavy atom. The minimum Gasteiger partial charge on any atom is -0.371 e. The van der Waals surface area contributed by atoms with Crippen LogP contribution in [-0.2, 0) is 12.8 Å². The van der Waals surface area contributed by atoms with Crippen LogP contribution in [0.1, 0.15) is 11.1 Å². The molecule has 0 bridgehead atoms. The Morgan fingerprint density at radius 1 is 0.759 bits per heavy atom. The number of hydrogen-bond donors (Lipinski definition) is 1. The summed E-state index contributed by atoms with van der Waals surface area (Å²) in [7, 11) is 0. The Balaban J connectivity index is 1.47. The van der Waals surface area contributed by atoms with Gasteiger partial charge in [-0.05, 0) is 73.2 Å². The lowest BCUT2D eigenvalue weighted by Crippen LogP contribution is -2.35. The predicted octanol–water partition coefficient (Wildman–Crippen LogP) is 5.47. The predicted molar refractivity (Wildman–Crippen MR) is 124 cm³/mol. The van der Waals surface area contributed by atoms with Crippen molar-refractivity contribution in [2.24, 2.45) is 11.8 Å². The van der Waals surface area contributed by atoms with Crippen LogP contribution < -0.4 is 10.2 Å². The van der Waals surface area contributed by atoms with Crippen molar-refractivity contribution in [2.75, 3.05) is 31.1 Å². The van der Waals surface area contributed by atoms with Crippen molar-refractivity contribution >= 4 is 17.3 Å². The van der Waals surface area contributed by atoms with Crippen molar-refractivity contribution < 1.29 is 0 Å². The topological polar surface area (TPSA) is 15.3 Å². The van der Waals surface area contributed by atoms with Gasteiger partial charge in [0.2, 0.25) is 0 Å². The molecule has 2 nitrogen and oxygen atoms in total. The Labute approximate surface area is 179 Å². The quantitative estimate of drug-likeness (QED) is 0.535. The van der Waals surface area contributed by atoms with E-state index in [2.05, 4.69) is 83.0 Å². The van der Waals surface area contributed by atoms with Crippen LogP contribution in [-0.4, -0.2) is 26.2 Å². The van der Waals surface area contributed by atoms with Gasteiger partial charge in [-0.2, -0.15) is 0 Å². The third kappa shape index (κ3) is 5.62. The summed E-state index contributed by atoms with van der Waals surface area (Å²) in [6.45, 7) is 4.28. The van der Waals surface area contributed by atoms with E-state index in [1.165, 1.54) is 16.8 Å². The Kier molecular flexibility index (Phi) is 6.87. The van der Waals surface area contributed by atoms with Crippen LogP contribution >= 0.6 is 11.6 Å². The van der Waals surface area contributed by atoms with Gasteiger partial charge >= 0.3 is 0 Å². The molecule has 1 fully saturated rings. The third-order valence-electron chi connectivity index (χ3n) is 5.98. The number of nitrogens with zero attached hydrogens (tertiary/aromatic N) is 1. The van der Waals surface area contributed by atoms with E-state index in [4.69, 9.17) is 11.6 Å². The molecule has 4 rings (SSSR count). The Morgan fingerprint density at radius 2 is 1.38 bits per heavy atom. The minimum atomic E-state index is 0.640. The highest BCUT2D eigenvalue weighted by Crippen LogP contribution is 2.26. The van der Waals surface area contributed by atoms with Crippen molar-refractivity contribution in [1.29, 1.82) is 0 Å². The van der Waals surface area contributed by atoms with Crippen molar-refractivity contribution in [2.45, 2.75) is 12.8 Å². The van der Waals surface area contributed by atoms with Gasteiger partial charge in [-0.1, -0.05) is 72.3 Å². The molecular formula is C26H29ClN2. The van der Waals surface area contributed by atoms with Crippen LogP contribution in [0.2, 0.25) is 5.02 Å². The molecular weight excluding hydrogens is 376 g/mol. The van der Waals surface area contributed by atoms with E-state index < -0.39 is 0 Å². The molecule has 3 heteroatoms. The number of hydrogen-bond acceptors (Lipinski definition) is 2. The standard InChI is InChI=1S/C26H29ClN2/c27-25-11-13-26(14-12-25)29(16-15-21-7-3-1-4-8-21)20-24-19-28-18-23(24)17-22-9-5-2-6-10-22/h1-14,23-24,28H,15-20H2/t23-,24+/m0/s1. The summed E-state index contributed by atoms with van der Waals surface area (Å²) in [6, 6.07) is 30.0. The van der Waals surface area contributed by atoms with Gasteiger partial charge < -0.3 is 10.2 Å². The summed E-state index contributed by atoms with van der Waals surface area (Å²) < 4.78 is 0.